The zero-order chi connectivity index (χ0) is 28.5. The van der Waals surface area contributed by atoms with E-state index in [0.717, 1.165) is 34.6 Å². The minimum atomic E-state index is -0.196. The number of carbonyl (C=O) groups excluding carboxylic acids is 1. The summed E-state index contributed by atoms with van der Waals surface area (Å²) < 4.78 is 12.6. The van der Waals surface area contributed by atoms with E-state index in [-0.39, 0.29) is 11.3 Å². The maximum atomic E-state index is 13.8. The first-order valence-corrected chi connectivity index (χ1v) is 15.2. The number of hydrogen-bond donors (Lipinski definition) is 2. The van der Waals surface area contributed by atoms with Gasteiger partial charge in [0.15, 0.2) is 0 Å². The molecule has 4 aliphatic carbocycles. The smallest absolute Gasteiger partial charge is 0.255 e. The first kappa shape index (κ1) is 26.6. The summed E-state index contributed by atoms with van der Waals surface area (Å²) in [6.07, 6.45) is 7.65. The molecule has 0 spiro atoms. The first-order valence-electron chi connectivity index (χ1n) is 15.2. The van der Waals surface area contributed by atoms with Gasteiger partial charge in [0.05, 0.1) is 5.69 Å². The maximum absolute atomic E-state index is 13.8. The van der Waals surface area contributed by atoms with E-state index in [4.69, 9.17) is 15.2 Å². The molecule has 5 heteroatoms. The molecular formula is C37H38N2O3. The van der Waals surface area contributed by atoms with Crippen LogP contribution in [0.2, 0.25) is 0 Å². The Balaban J connectivity index is 1.18. The fraction of sp³-hybridized carbons (Fsp3) is 0.324. The highest BCUT2D eigenvalue weighted by atomic mass is 16.5. The number of nitrogen functional groups attached to an aromatic ring is 1. The van der Waals surface area contributed by atoms with E-state index >= 15 is 0 Å². The predicted octanol–water partition coefficient (Wildman–Crippen LogP) is 8.15. The molecule has 4 saturated carbocycles. The fourth-order valence-corrected chi connectivity index (χ4v) is 8.11. The summed E-state index contributed by atoms with van der Waals surface area (Å²) in [5.74, 6) is 3.61. The van der Waals surface area contributed by atoms with Gasteiger partial charge in [-0.2, -0.15) is 0 Å². The minimum Gasteiger partial charge on any atom is -0.489 e. The molecule has 0 heterocycles. The second-order valence-electron chi connectivity index (χ2n) is 12.6. The quantitative estimate of drug-likeness (QED) is 0.203. The highest BCUT2D eigenvalue weighted by Crippen LogP contribution is 2.62. The molecule has 0 radical (unpaired) electrons. The summed E-state index contributed by atoms with van der Waals surface area (Å²) in [4.78, 5) is 13.8. The summed E-state index contributed by atoms with van der Waals surface area (Å²) in [5.41, 5.74) is 11.4. The molecule has 4 aromatic carbocycles. The van der Waals surface area contributed by atoms with Crippen LogP contribution in [0.4, 0.5) is 11.4 Å². The molecule has 214 valence electrons. The lowest BCUT2D eigenvalue weighted by Crippen LogP contribution is -2.48. The van der Waals surface area contributed by atoms with Gasteiger partial charge in [-0.3, -0.25) is 4.79 Å². The van der Waals surface area contributed by atoms with Crippen molar-refractivity contribution in [3.8, 4) is 11.5 Å². The van der Waals surface area contributed by atoms with Crippen LogP contribution in [0.1, 0.15) is 65.6 Å². The lowest BCUT2D eigenvalue weighted by Gasteiger charge is -2.57. The van der Waals surface area contributed by atoms with Crippen molar-refractivity contribution in [1.82, 2.24) is 0 Å². The van der Waals surface area contributed by atoms with Crippen molar-refractivity contribution in [1.29, 1.82) is 0 Å². The number of carbonyl (C=O) groups is 1. The Kier molecular flexibility index (Phi) is 7.10. The number of nitrogens with two attached hydrogens (primary N) is 1. The zero-order valence-electron chi connectivity index (χ0n) is 23.9. The van der Waals surface area contributed by atoms with E-state index in [1.54, 1.807) is 6.07 Å². The van der Waals surface area contributed by atoms with Gasteiger partial charge in [-0.25, -0.2) is 0 Å². The van der Waals surface area contributed by atoms with Gasteiger partial charge in [-0.05, 0) is 103 Å². The standard InChI is InChI=1S/C37H38N2O3/c38-32-12-7-13-34(42-24-26-10-5-2-6-11-26)35(32)39-36(40)30-14-15-33(41-23-25-8-3-1-4-9-25)31(19-30)37-20-27-16-28(21-37)18-29(17-27)22-37/h1-15,19,27-29H,16-18,20-24,38H2,(H,39,40). The minimum absolute atomic E-state index is 0.0762. The Morgan fingerprint density at radius 3 is 1.88 bits per heavy atom. The molecule has 5 nitrogen and oxygen atoms in total. The topological polar surface area (TPSA) is 73.6 Å². The molecule has 4 aliphatic rings. The van der Waals surface area contributed by atoms with Crippen molar-refractivity contribution >= 4 is 17.3 Å². The van der Waals surface area contributed by atoms with Crippen molar-refractivity contribution in [2.75, 3.05) is 11.1 Å². The normalized spacial score (nSPS) is 23.9. The Bertz CT molecular complexity index is 1530. The van der Waals surface area contributed by atoms with Crippen LogP contribution in [0.3, 0.4) is 0 Å². The Morgan fingerprint density at radius 2 is 1.29 bits per heavy atom. The molecule has 0 aliphatic heterocycles. The fourth-order valence-electron chi connectivity index (χ4n) is 8.11. The van der Waals surface area contributed by atoms with Crippen molar-refractivity contribution in [2.24, 2.45) is 17.8 Å². The van der Waals surface area contributed by atoms with E-state index in [2.05, 4.69) is 23.5 Å². The predicted molar refractivity (Wildman–Crippen MR) is 167 cm³/mol. The van der Waals surface area contributed by atoms with E-state index < -0.39 is 0 Å². The Hall–Kier alpha value is -4.25. The molecule has 3 N–H and O–H groups in total. The van der Waals surface area contributed by atoms with Crippen LogP contribution in [-0.2, 0) is 18.6 Å². The van der Waals surface area contributed by atoms with Gasteiger partial charge in [0.25, 0.3) is 5.91 Å². The Labute approximate surface area is 248 Å². The molecular weight excluding hydrogens is 520 g/mol. The van der Waals surface area contributed by atoms with Gasteiger partial charge in [-0.15, -0.1) is 0 Å². The van der Waals surface area contributed by atoms with Gasteiger partial charge in [0.1, 0.15) is 30.4 Å². The summed E-state index contributed by atoms with van der Waals surface area (Å²) in [5, 5.41) is 3.08. The van der Waals surface area contributed by atoms with E-state index in [0.29, 0.717) is 35.9 Å². The second-order valence-corrected chi connectivity index (χ2v) is 12.6. The maximum Gasteiger partial charge on any atom is 0.255 e. The molecule has 4 aromatic rings. The average Bonchev–Trinajstić information content (AvgIpc) is 3.00. The largest absolute Gasteiger partial charge is 0.489 e. The third-order valence-corrected chi connectivity index (χ3v) is 9.62. The summed E-state index contributed by atoms with van der Waals surface area (Å²) in [6.45, 7) is 0.894. The SMILES string of the molecule is Nc1cccc(OCc2ccccc2)c1NC(=O)c1ccc(OCc2ccccc2)c(C23CC4CC(CC(C4)C2)C3)c1. The molecule has 42 heavy (non-hydrogen) atoms. The van der Waals surface area contributed by atoms with Crippen molar-refractivity contribution in [2.45, 2.75) is 57.2 Å². The van der Waals surface area contributed by atoms with Crippen LogP contribution in [0.15, 0.2) is 97.1 Å². The highest BCUT2D eigenvalue weighted by molar-refractivity contribution is 6.07. The average molecular weight is 559 g/mol. The van der Waals surface area contributed by atoms with Crippen LogP contribution in [0, 0.1) is 17.8 Å². The number of nitrogens with one attached hydrogen (secondary N) is 1. The monoisotopic (exact) mass is 558 g/mol. The number of benzene rings is 4. The van der Waals surface area contributed by atoms with E-state index in [1.165, 1.54) is 44.1 Å². The first-order chi connectivity index (χ1) is 20.5. The third kappa shape index (κ3) is 5.36. The molecule has 0 aromatic heterocycles. The lowest BCUT2D eigenvalue weighted by molar-refractivity contribution is -0.00649. The van der Waals surface area contributed by atoms with Gasteiger partial charge < -0.3 is 20.5 Å². The number of anilines is 2. The van der Waals surface area contributed by atoms with E-state index in [9.17, 15) is 4.79 Å². The zero-order valence-corrected chi connectivity index (χ0v) is 23.9. The number of amides is 1. The second kappa shape index (κ2) is 11.2. The molecule has 4 bridgehead atoms. The van der Waals surface area contributed by atoms with Crippen LogP contribution in [-0.4, -0.2) is 5.91 Å². The Morgan fingerprint density at radius 1 is 0.714 bits per heavy atom. The highest BCUT2D eigenvalue weighted by Gasteiger charge is 2.52. The number of rotatable bonds is 9. The van der Waals surface area contributed by atoms with Gasteiger partial charge in [0.2, 0.25) is 0 Å². The van der Waals surface area contributed by atoms with Gasteiger partial charge in [0, 0.05) is 11.1 Å². The lowest BCUT2D eigenvalue weighted by atomic mass is 9.48. The molecule has 1 amide bonds. The van der Waals surface area contributed by atoms with Crippen LogP contribution in [0.25, 0.3) is 0 Å². The van der Waals surface area contributed by atoms with Gasteiger partial charge in [-0.1, -0.05) is 66.7 Å². The molecule has 0 unspecified atom stereocenters. The number of ether oxygens (including phenoxy) is 2. The number of hydrogen-bond acceptors (Lipinski definition) is 4. The third-order valence-electron chi connectivity index (χ3n) is 9.62. The van der Waals surface area contributed by atoms with Crippen LogP contribution >= 0.6 is 0 Å². The van der Waals surface area contributed by atoms with Crippen LogP contribution in [0.5, 0.6) is 11.5 Å². The van der Waals surface area contributed by atoms with Crippen molar-refractivity contribution in [3.63, 3.8) is 0 Å². The molecule has 4 fully saturated rings. The van der Waals surface area contributed by atoms with Crippen LogP contribution < -0.4 is 20.5 Å². The summed E-state index contributed by atoms with van der Waals surface area (Å²) in [7, 11) is 0. The molecule has 0 saturated heterocycles. The van der Waals surface area contributed by atoms with Crippen molar-refractivity contribution in [3.05, 3.63) is 119 Å². The summed E-state index contributed by atoms with van der Waals surface area (Å²) in [6, 6.07) is 31.7. The van der Waals surface area contributed by atoms with Crippen molar-refractivity contribution < 1.29 is 14.3 Å². The molecule has 8 rings (SSSR count). The number of para-hydroxylation sites is 1. The summed E-state index contributed by atoms with van der Waals surface area (Å²) >= 11 is 0. The van der Waals surface area contributed by atoms with Gasteiger partial charge >= 0.3 is 0 Å². The van der Waals surface area contributed by atoms with E-state index in [1.807, 2.05) is 72.8 Å². The molecule has 0 atom stereocenters.